The second kappa shape index (κ2) is 10.8. The van der Waals surface area contributed by atoms with Gasteiger partial charge in [0, 0.05) is 25.2 Å². The van der Waals surface area contributed by atoms with E-state index in [4.69, 9.17) is 19.3 Å². The zero-order valence-electron chi connectivity index (χ0n) is 19.1. The molecule has 0 saturated carbocycles. The molecule has 2 heterocycles. The third-order valence-corrected chi connectivity index (χ3v) is 7.96. The Labute approximate surface area is 206 Å². The van der Waals surface area contributed by atoms with Crippen molar-refractivity contribution in [3.8, 4) is 17.2 Å². The van der Waals surface area contributed by atoms with Crippen LogP contribution in [0.4, 0.5) is 11.5 Å². The molecule has 10 nitrogen and oxygen atoms in total. The monoisotopic (exact) mass is 516 g/mol. The number of para-hydroxylation sites is 2. The van der Waals surface area contributed by atoms with Gasteiger partial charge >= 0.3 is 0 Å². The first kappa shape index (κ1) is 24.6. The molecule has 0 saturated heterocycles. The smallest absolute Gasteiger partial charge is 0.195 e. The fraction of sp³-hybridized carbons (Fsp3) is 0.261. The Morgan fingerprint density at radius 1 is 1.09 bits per heavy atom. The number of nitrogens with one attached hydrogen (secondary N) is 1. The number of nitrogens with zero attached hydrogens (tertiary/aromatic N) is 3. The van der Waals surface area contributed by atoms with E-state index in [0.717, 1.165) is 11.3 Å². The number of sulfone groups is 1. The average molecular weight is 517 g/mol. The topological polar surface area (TPSA) is 133 Å². The summed E-state index contributed by atoms with van der Waals surface area (Å²) in [7, 11) is -0.680. The Hall–Kier alpha value is -3.48. The predicted molar refractivity (Wildman–Crippen MR) is 133 cm³/mol. The van der Waals surface area contributed by atoms with E-state index in [-0.39, 0.29) is 34.7 Å². The molecule has 184 valence electrons. The standard InChI is InChI=1S/C23H24N4O6S2/c1-31-15-10-18(22(20(11-15)32-2)33-9-5-8-28)27-23-19(13-35(29,30)21-12-24-14-34-21)25-16-6-3-4-7-17(16)26-23/h3-4,6-7,10-12,14,28H,5,8-9,13H2,1-2H3,(H,26,27). The van der Waals surface area contributed by atoms with Crippen molar-refractivity contribution in [2.45, 2.75) is 16.4 Å². The lowest BCUT2D eigenvalue weighted by molar-refractivity contribution is 0.228. The second-order valence-electron chi connectivity index (χ2n) is 7.34. The molecule has 12 heteroatoms. The summed E-state index contributed by atoms with van der Waals surface area (Å²) in [5.74, 6) is 1.13. The van der Waals surface area contributed by atoms with Crippen LogP contribution in [0.2, 0.25) is 0 Å². The molecule has 0 aliphatic carbocycles. The van der Waals surface area contributed by atoms with Crippen LogP contribution in [0.1, 0.15) is 12.1 Å². The van der Waals surface area contributed by atoms with Gasteiger partial charge in [0.1, 0.15) is 15.7 Å². The van der Waals surface area contributed by atoms with Gasteiger partial charge in [-0.25, -0.2) is 18.4 Å². The normalized spacial score (nSPS) is 11.4. The van der Waals surface area contributed by atoms with Crippen molar-refractivity contribution >= 4 is 43.7 Å². The maximum absolute atomic E-state index is 13.0. The molecular formula is C23H24N4O6S2. The number of thiazole rings is 1. The number of hydrogen-bond donors (Lipinski definition) is 2. The fourth-order valence-electron chi connectivity index (χ4n) is 3.30. The van der Waals surface area contributed by atoms with E-state index in [1.54, 1.807) is 24.3 Å². The first-order valence-electron chi connectivity index (χ1n) is 10.6. The summed E-state index contributed by atoms with van der Waals surface area (Å²) < 4.78 is 43.0. The van der Waals surface area contributed by atoms with Crippen molar-refractivity contribution in [2.75, 3.05) is 32.8 Å². The highest BCUT2D eigenvalue weighted by atomic mass is 32.2. The van der Waals surface area contributed by atoms with Crippen LogP contribution in [0.25, 0.3) is 11.0 Å². The molecule has 0 radical (unpaired) electrons. The molecule has 4 rings (SSSR count). The van der Waals surface area contributed by atoms with Gasteiger partial charge in [-0.1, -0.05) is 12.1 Å². The lowest BCUT2D eigenvalue weighted by Crippen LogP contribution is -2.11. The van der Waals surface area contributed by atoms with E-state index < -0.39 is 9.84 Å². The van der Waals surface area contributed by atoms with Crippen molar-refractivity contribution < 1.29 is 27.7 Å². The third kappa shape index (κ3) is 5.61. The van der Waals surface area contributed by atoms with Crippen LogP contribution >= 0.6 is 11.3 Å². The van der Waals surface area contributed by atoms with Crippen LogP contribution in [-0.2, 0) is 15.6 Å². The van der Waals surface area contributed by atoms with Gasteiger partial charge in [-0.15, -0.1) is 11.3 Å². The number of methoxy groups -OCH3 is 2. The molecule has 0 fully saturated rings. The van der Waals surface area contributed by atoms with Crippen molar-refractivity contribution in [1.82, 2.24) is 15.0 Å². The van der Waals surface area contributed by atoms with Gasteiger partial charge in [-0.05, 0) is 12.1 Å². The molecular weight excluding hydrogens is 492 g/mol. The van der Waals surface area contributed by atoms with Gasteiger partial charge in [0.15, 0.2) is 27.2 Å². The zero-order valence-corrected chi connectivity index (χ0v) is 20.7. The molecule has 2 aromatic carbocycles. The minimum absolute atomic E-state index is 0.0308. The number of aliphatic hydroxyl groups excluding tert-OH is 1. The van der Waals surface area contributed by atoms with Crippen LogP contribution < -0.4 is 19.5 Å². The van der Waals surface area contributed by atoms with Crippen LogP contribution in [0.15, 0.2) is 52.3 Å². The number of rotatable bonds is 11. The van der Waals surface area contributed by atoms with Gasteiger partial charge in [0.25, 0.3) is 0 Å². The number of aliphatic hydroxyl groups is 1. The Kier molecular flexibility index (Phi) is 7.63. The van der Waals surface area contributed by atoms with Crippen molar-refractivity contribution in [3.05, 3.63) is 53.8 Å². The number of anilines is 2. The third-order valence-electron chi connectivity index (χ3n) is 4.97. The minimum Gasteiger partial charge on any atom is -0.497 e. The SMILES string of the molecule is COc1cc(Nc2nc3ccccc3nc2CS(=O)(=O)c2cncs2)c(OCCCO)c(OC)c1. The summed E-state index contributed by atoms with van der Waals surface area (Å²) in [6.07, 6.45) is 1.74. The number of aromatic nitrogens is 3. The Morgan fingerprint density at radius 2 is 1.86 bits per heavy atom. The molecule has 0 spiro atoms. The van der Waals surface area contributed by atoms with Crippen molar-refractivity contribution in [1.29, 1.82) is 0 Å². The van der Waals surface area contributed by atoms with Crippen LogP contribution in [0.5, 0.6) is 17.2 Å². The Balaban J connectivity index is 1.81. The van der Waals surface area contributed by atoms with E-state index in [9.17, 15) is 8.42 Å². The molecule has 0 bridgehead atoms. The molecule has 0 atom stereocenters. The average Bonchev–Trinajstić information content (AvgIpc) is 3.41. The summed E-state index contributed by atoms with van der Waals surface area (Å²) in [5, 5.41) is 12.3. The van der Waals surface area contributed by atoms with Crippen molar-refractivity contribution in [2.24, 2.45) is 0 Å². The van der Waals surface area contributed by atoms with E-state index in [1.807, 2.05) is 12.1 Å². The van der Waals surface area contributed by atoms with E-state index in [0.29, 0.717) is 40.4 Å². The maximum Gasteiger partial charge on any atom is 0.195 e. The predicted octanol–water partition coefficient (Wildman–Crippen LogP) is 3.58. The van der Waals surface area contributed by atoms with Crippen LogP contribution in [-0.4, -0.2) is 55.9 Å². The van der Waals surface area contributed by atoms with E-state index >= 15 is 0 Å². The summed E-state index contributed by atoms with van der Waals surface area (Å²) in [4.78, 5) is 13.1. The molecule has 35 heavy (non-hydrogen) atoms. The largest absolute Gasteiger partial charge is 0.497 e. The van der Waals surface area contributed by atoms with E-state index in [2.05, 4.69) is 20.3 Å². The minimum atomic E-state index is -3.70. The maximum atomic E-state index is 13.0. The molecule has 0 unspecified atom stereocenters. The number of benzene rings is 2. The molecule has 0 amide bonds. The van der Waals surface area contributed by atoms with Gasteiger partial charge in [-0.3, -0.25) is 4.98 Å². The van der Waals surface area contributed by atoms with Gasteiger partial charge < -0.3 is 24.6 Å². The Bertz CT molecular complexity index is 1410. The highest BCUT2D eigenvalue weighted by Gasteiger charge is 2.23. The molecule has 4 aromatic rings. The number of hydrogen-bond acceptors (Lipinski definition) is 11. The number of fused-ring (bicyclic) bond motifs is 1. The summed E-state index contributed by atoms with van der Waals surface area (Å²) in [6.45, 7) is 0.209. The quantitative estimate of drug-likeness (QED) is 0.285. The molecule has 2 N–H and O–H groups in total. The van der Waals surface area contributed by atoms with E-state index in [1.165, 1.54) is 25.9 Å². The van der Waals surface area contributed by atoms with Crippen LogP contribution in [0.3, 0.4) is 0 Å². The summed E-state index contributed by atoms with van der Waals surface area (Å²) >= 11 is 1.04. The number of ether oxygens (including phenoxy) is 3. The zero-order chi connectivity index (χ0) is 24.8. The lowest BCUT2D eigenvalue weighted by Gasteiger charge is -2.18. The van der Waals surface area contributed by atoms with Crippen molar-refractivity contribution in [3.63, 3.8) is 0 Å². The molecule has 0 aliphatic heterocycles. The summed E-state index contributed by atoms with van der Waals surface area (Å²) in [6, 6.07) is 10.6. The lowest BCUT2D eigenvalue weighted by atomic mass is 10.2. The van der Waals surface area contributed by atoms with Crippen LogP contribution in [0, 0.1) is 0 Å². The summed E-state index contributed by atoms with van der Waals surface area (Å²) in [5.41, 5.74) is 3.30. The van der Waals surface area contributed by atoms with Gasteiger partial charge in [0.2, 0.25) is 0 Å². The first-order valence-corrected chi connectivity index (χ1v) is 13.1. The Morgan fingerprint density at radius 3 is 2.51 bits per heavy atom. The highest BCUT2D eigenvalue weighted by molar-refractivity contribution is 7.92. The first-order chi connectivity index (χ1) is 16.9. The highest BCUT2D eigenvalue weighted by Crippen LogP contribution is 2.41. The fourth-order valence-corrected chi connectivity index (χ4v) is 5.47. The van der Waals surface area contributed by atoms with Gasteiger partial charge in [0.05, 0.1) is 54.9 Å². The second-order valence-corrected chi connectivity index (χ2v) is 10.4. The van der Waals surface area contributed by atoms with Gasteiger partial charge in [-0.2, -0.15) is 0 Å². The molecule has 0 aliphatic rings. The molecule has 2 aromatic heterocycles.